The number of carbonyl (C=O) groups excluding carboxylic acids is 2. The molecule has 2 N–H and O–H groups in total. The van der Waals surface area contributed by atoms with Crippen molar-refractivity contribution in [3.05, 3.63) is 59.4 Å². The Morgan fingerprint density at radius 3 is 2.33 bits per heavy atom. The second-order valence-electron chi connectivity index (χ2n) is 6.97. The summed E-state index contributed by atoms with van der Waals surface area (Å²) >= 11 is 0. The number of halogens is 1. The van der Waals surface area contributed by atoms with Crippen molar-refractivity contribution in [3.8, 4) is 0 Å². The molecule has 1 aliphatic heterocycles. The Hall–Kier alpha value is -2.89. The lowest BCUT2D eigenvalue weighted by atomic mass is 9.82. The molecule has 1 unspecified atom stereocenters. The third kappa shape index (κ3) is 3.52. The Morgan fingerprint density at radius 1 is 1.07 bits per heavy atom. The van der Waals surface area contributed by atoms with E-state index in [0.29, 0.717) is 5.56 Å². The first-order chi connectivity index (χ1) is 12.8. The van der Waals surface area contributed by atoms with Crippen molar-refractivity contribution in [2.75, 3.05) is 17.3 Å². The minimum atomic E-state index is -0.333. The fraction of sp³-hybridized carbons (Fsp3) is 0.333. The van der Waals surface area contributed by atoms with Crippen LogP contribution in [-0.4, -0.2) is 24.9 Å². The first-order valence-electron chi connectivity index (χ1n) is 9.01. The van der Waals surface area contributed by atoms with Crippen LogP contribution in [0.3, 0.4) is 0 Å². The highest BCUT2D eigenvalue weighted by atomic mass is 19.1. The van der Waals surface area contributed by atoms with Gasteiger partial charge in [0, 0.05) is 48.4 Å². The summed E-state index contributed by atoms with van der Waals surface area (Å²) in [5.74, 6) is -0.483. The van der Waals surface area contributed by atoms with Crippen LogP contribution in [0.25, 0.3) is 0 Å². The van der Waals surface area contributed by atoms with E-state index < -0.39 is 0 Å². The normalized spacial score (nSPS) is 21.4. The quantitative estimate of drug-likeness (QED) is 0.867. The van der Waals surface area contributed by atoms with Gasteiger partial charge in [-0.15, -0.1) is 0 Å². The Bertz CT molecular complexity index is 866. The lowest BCUT2D eigenvalue weighted by Crippen LogP contribution is -2.48. The molecule has 142 valence electrons. The third-order valence-corrected chi connectivity index (χ3v) is 5.31. The molecule has 0 aromatic heterocycles. The van der Waals surface area contributed by atoms with Crippen LogP contribution in [0.1, 0.15) is 42.7 Å². The molecule has 6 heteroatoms. The molecule has 1 aliphatic rings. The summed E-state index contributed by atoms with van der Waals surface area (Å²) in [5.41, 5.74) is 2.89. The molecule has 5 nitrogen and oxygen atoms in total. The molecule has 0 bridgehead atoms. The van der Waals surface area contributed by atoms with E-state index in [1.165, 1.54) is 19.1 Å². The first kappa shape index (κ1) is 18.9. The number of carbonyl (C=O) groups is 2. The summed E-state index contributed by atoms with van der Waals surface area (Å²) in [6.07, 6.45) is 0. The van der Waals surface area contributed by atoms with Gasteiger partial charge in [-0.2, -0.15) is 0 Å². The van der Waals surface area contributed by atoms with Gasteiger partial charge in [-0.1, -0.05) is 6.92 Å². The lowest BCUT2D eigenvalue weighted by molar-refractivity contribution is -0.117. The number of amides is 2. The van der Waals surface area contributed by atoms with Gasteiger partial charge in [0.1, 0.15) is 5.82 Å². The van der Waals surface area contributed by atoms with E-state index in [1.54, 1.807) is 30.1 Å². The largest absolute Gasteiger partial charge is 0.378 e. The van der Waals surface area contributed by atoms with Gasteiger partial charge < -0.3 is 15.5 Å². The van der Waals surface area contributed by atoms with E-state index in [1.807, 2.05) is 26.0 Å². The molecule has 0 saturated carbocycles. The van der Waals surface area contributed by atoms with Gasteiger partial charge in [-0.3, -0.25) is 9.59 Å². The fourth-order valence-corrected chi connectivity index (χ4v) is 3.72. The van der Waals surface area contributed by atoms with Crippen molar-refractivity contribution < 1.29 is 14.0 Å². The van der Waals surface area contributed by atoms with Crippen LogP contribution < -0.4 is 15.5 Å². The molecule has 1 heterocycles. The zero-order chi connectivity index (χ0) is 19.7. The van der Waals surface area contributed by atoms with Gasteiger partial charge >= 0.3 is 0 Å². The predicted molar refractivity (Wildman–Crippen MR) is 104 cm³/mol. The van der Waals surface area contributed by atoms with Gasteiger partial charge in [0.25, 0.3) is 5.91 Å². The van der Waals surface area contributed by atoms with Crippen molar-refractivity contribution in [1.82, 2.24) is 5.32 Å². The monoisotopic (exact) mass is 369 g/mol. The summed E-state index contributed by atoms with van der Waals surface area (Å²) in [6, 6.07) is 11.5. The summed E-state index contributed by atoms with van der Waals surface area (Å²) in [4.78, 5) is 25.6. The number of anilines is 2. The Kier molecular flexibility index (Phi) is 5.17. The fourth-order valence-electron chi connectivity index (χ4n) is 3.72. The van der Waals surface area contributed by atoms with Gasteiger partial charge in [-0.25, -0.2) is 4.39 Å². The topological polar surface area (TPSA) is 61.4 Å². The molecule has 0 radical (unpaired) electrons. The number of nitrogens with one attached hydrogen (secondary N) is 2. The molecule has 2 amide bonds. The van der Waals surface area contributed by atoms with E-state index in [-0.39, 0.29) is 35.6 Å². The molecular formula is C21H24FN3O2. The van der Waals surface area contributed by atoms with Crippen LogP contribution in [0.5, 0.6) is 0 Å². The molecule has 0 spiro atoms. The SMILES string of the molecule is CNC(=O)c1ccc(NC2c3cc(F)ccc3N(C(C)=O)[C@@H](C)[C@@H]2C)cc1. The van der Waals surface area contributed by atoms with Gasteiger partial charge in [-0.05, 0) is 49.4 Å². The molecule has 2 aromatic rings. The first-order valence-corrected chi connectivity index (χ1v) is 9.01. The van der Waals surface area contributed by atoms with E-state index >= 15 is 0 Å². The van der Waals surface area contributed by atoms with Crippen molar-refractivity contribution >= 4 is 23.2 Å². The minimum absolute atomic E-state index is 0.0388. The second-order valence-corrected chi connectivity index (χ2v) is 6.97. The Balaban J connectivity index is 1.97. The smallest absolute Gasteiger partial charge is 0.251 e. The van der Waals surface area contributed by atoms with E-state index in [0.717, 1.165) is 16.9 Å². The number of fused-ring (bicyclic) bond motifs is 1. The van der Waals surface area contributed by atoms with Crippen LogP contribution in [0.15, 0.2) is 42.5 Å². The predicted octanol–water partition coefficient (Wildman–Crippen LogP) is 3.73. The van der Waals surface area contributed by atoms with Crippen molar-refractivity contribution in [2.45, 2.75) is 32.9 Å². The standard InChI is InChI=1S/C21H24FN3O2/c1-12-13(2)25(14(3)26)19-10-7-16(22)11-18(19)20(12)24-17-8-5-15(6-9-17)21(27)23-4/h5-13,20,24H,1-4H3,(H,23,27)/t12-,13-,20?/m0/s1. The maximum Gasteiger partial charge on any atom is 0.251 e. The number of rotatable bonds is 3. The minimum Gasteiger partial charge on any atom is -0.378 e. The molecule has 2 aromatic carbocycles. The third-order valence-electron chi connectivity index (χ3n) is 5.31. The van der Waals surface area contributed by atoms with E-state index in [4.69, 9.17) is 0 Å². The van der Waals surface area contributed by atoms with Crippen LogP contribution in [0.4, 0.5) is 15.8 Å². The summed E-state index contributed by atoms with van der Waals surface area (Å²) in [6.45, 7) is 5.58. The highest BCUT2D eigenvalue weighted by Crippen LogP contribution is 2.42. The molecule has 0 fully saturated rings. The second kappa shape index (κ2) is 7.39. The molecule has 0 aliphatic carbocycles. The van der Waals surface area contributed by atoms with Crippen molar-refractivity contribution in [3.63, 3.8) is 0 Å². The van der Waals surface area contributed by atoms with Gasteiger partial charge in [0.05, 0.1) is 6.04 Å². The zero-order valence-electron chi connectivity index (χ0n) is 15.9. The maximum absolute atomic E-state index is 14.0. The average molecular weight is 369 g/mol. The van der Waals surface area contributed by atoms with Gasteiger partial charge in [0.15, 0.2) is 0 Å². The number of hydrogen-bond acceptors (Lipinski definition) is 3. The molecule has 0 saturated heterocycles. The Morgan fingerprint density at radius 2 is 1.74 bits per heavy atom. The van der Waals surface area contributed by atoms with Crippen LogP contribution in [-0.2, 0) is 4.79 Å². The van der Waals surface area contributed by atoms with Crippen molar-refractivity contribution in [1.29, 1.82) is 0 Å². The average Bonchev–Trinajstić information content (AvgIpc) is 2.65. The molecule has 3 atom stereocenters. The van der Waals surface area contributed by atoms with E-state index in [2.05, 4.69) is 10.6 Å². The summed E-state index contributed by atoms with van der Waals surface area (Å²) < 4.78 is 14.0. The highest BCUT2D eigenvalue weighted by molar-refractivity contribution is 5.95. The molecule has 3 rings (SSSR count). The number of benzene rings is 2. The maximum atomic E-state index is 14.0. The molecular weight excluding hydrogens is 345 g/mol. The number of hydrogen-bond donors (Lipinski definition) is 2. The van der Waals surface area contributed by atoms with Crippen LogP contribution >= 0.6 is 0 Å². The van der Waals surface area contributed by atoms with Crippen molar-refractivity contribution in [2.24, 2.45) is 5.92 Å². The zero-order valence-corrected chi connectivity index (χ0v) is 15.9. The summed E-state index contributed by atoms with van der Waals surface area (Å²) in [7, 11) is 1.59. The number of nitrogens with zero attached hydrogens (tertiary/aromatic N) is 1. The molecule has 27 heavy (non-hydrogen) atoms. The van der Waals surface area contributed by atoms with Gasteiger partial charge in [0.2, 0.25) is 5.91 Å². The Labute approximate surface area is 158 Å². The van der Waals surface area contributed by atoms with Crippen LogP contribution in [0.2, 0.25) is 0 Å². The van der Waals surface area contributed by atoms with Crippen LogP contribution in [0, 0.1) is 11.7 Å². The van der Waals surface area contributed by atoms with E-state index in [9.17, 15) is 14.0 Å². The summed E-state index contributed by atoms with van der Waals surface area (Å²) in [5, 5.41) is 6.04. The lowest BCUT2D eigenvalue weighted by Gasteiger charge is -2.44. The highest BCUT2D eigenvalue weighted by Gasteiger charge is 2.38.